The minimum Gasteiger partial charge on any atom is -0.367 e. The number of rotatable bonds is 3. The lowest BCUT2D eigenvalue weighted by atomic mass is 10.3. The van der Waals surface area contributed by atoms with E-state index in [9.17, 15) is 0 Å². The largest absolute Gasteiger partial charge is 0.367 e. The molecule has 1 aliphatic rings. The van der Waals surface area contributed by atoms with E-state index >= 15 is 0 Å². The molecule has 1 aliphatic carbocycles. The van der Waals surface area contributed by atoms with Crippen LogP contribution in [0.2, 0.25) is 0 Å². The molecule has 0 aliphatic heterocycles. The number of hydrogen-bond donors (Lipinski definition) is 2. The van der Waals surface area contributed by atoms with E-state index in [0.29, 0.717) is 12.0 Å². The minimum absolute atomic E-state index is 0.614. The van der Waals surface area contributed by atoms with Crippen molar-refractivity contribution in [1.29, 1.82) is 0 Å². The van der Waals surface area contributed by atoms with Crippen molar-refractivity contribution in [2.24, 2.45) is 0 Å². The molecule has 0 bridgehead atoms. The Morgan fingerprint density at radius 1 is 1.38 bits per heavy atom. The Balaban J connectivity index is 2.12. The van der Waals surface area contributed by atoms with Crippen molar-refractivity contribution in [1.82, 2.24) is 9.97 Å². The van der Waals surface area contributed by atoms with Crippen LogP contribution >= 0.6 is 11.3 Å². The molecule has 2 N–H and O–H groups in total. The van der Waals surface area contributed by atoms with E-state index in [4.69, 9.17) is 0 Å². The van der Waals surface area contributed by atoms with Crippen LogP contribution in [0.25, 0.3) is 10.2 Å². The topological polar surface area (TPSA) is 49.8 Å². The molecule has 0 amide bonds. The van der Waals surface area contributed by atoms with E-state index in [1.807, 2.05) is 7.05 Å². The van der Waals surface area contributed by atoms with Crippen LogP contribution in [0, 0.1) is 6.92 Å². The van der Waals surface area contributed by atoms with Crippen LogP contribution in [-0.4, -0.2) is 23.1 Å². The molecule has 2 aromatic heterocycles. The van der Waals surface area contributed by atoms with Crippen molar-refractivity contribution in [2.45, 2.75) is 25.8 Å². The van der Waals surface area contributed by atoms with Crippen LogP contribution in [-0.2, 0) is 0 Å². The predicted octanol–water partition coefficient (Wildman–Crippen LogP) is 2.62. The molecule has 1 saturated carbocycles. The maximum absolute atomic E-state index is 4.49. The zero-order valence-corrected chi connectivity index (χ0v) is 10.2. The molecule has 16 heavy (non-hydrogen) atoms. The van der Waals surface area contributed by atoms with Gasteiger partial charge in [0.25, 0.3) is 0 Å². The van der Waals surface area contributed by atoms with Crippen LogP contribution in [0.3, 0.4) is 0 Å². The first-order valence-corrected chi connectivity index (χ1v) is 6.30. The average molecular weight is 234 g/mol. The van der Waals surface area contributed by atoms with E-state index in [1.165, 1.54) is 17.7 Å². The Morgan fingerprint density at radius 3 is 2.88 bits per heavy atom. The van der Waals surface area contributed by atoms with E-state index in [2.05, 4.69) is 33.6 Å². The van der Waals surface area contributed by atoms with Crippen LogP contribution in [0.15, 0.2) is 6.07 Å². The molecular formula is C11H14N4S. The number of aryl methyl sites for hydroxylation is 1. The van der Waals surface area contributed by atoms with Gasteiger partial charge < -0.3 is 10.6 Å². The van der Waals surface area contributed by atoms with Gasteiger partial charge in [-0.25, -0.2) is 4.98 Å². The lowest BCUT2D eigenvalue weighted by Crippen LogP contribution is -2.06. The Kier molecular flexibility index (Phi) is 2.21. The van der Waals surface area contributed by atoms with Gasteiger partial charge in [-0.2, -0.15) is 4.98 Å². The first-order valence-electron chi connectivity index (χ1n) is 5.49. The molecule has 2 aromatic rings. The molecule has 1 fully saturated rings. The summed E-state index contributed by atoms with van der Waals surface area (Å²) >= 11 is 1.71. The van der Waals surface area contributed by atoms with Gasteiger partial charge in [-0.1, -0.05) is 0 Å². The maximum atomic E-state index is 4.49. The fourth-order valence-electron chi connectivity index (χ4n) is 1.68. The van der Waals surface area contributed by atoms with E-state index in [1.54, 1.807) is 11.3 Å². The molecule has 0 spiro atoms. The van der Waals surface area contributed by atoms with E-state index in [-0.39, 0.29) is 0 Å². The van der Waals surface area contributed by atoms with Crippen molar-refractivity contribution in [2.75, 3.05) is 17.7 Å². The van der Waals surface area contributed by atoms with Gasteiger partial charge in [0.05, 0.1) is 5.39 Å². The molecule has 5 heteroatoms. The Bertz CT molecular complexity index is 530. The number of nitrogens with one attached hydrogen (secondary N) is 2. The summed E-state index contributed by atoms with van der Waals surface area (Å²) in [7, 11) is 1.85. The van der Waals surface area contributed by atoms with Crippen molar-refractivity contribution < 1.29 is 0 Å². The molecule has 0 atom stereocenters. The van der Waals surface area contributed by atoms with Gasteiger partial charge in [0.15, 0.2) is 0 Å². The number of thiophene rings is 1. The first kappa shape index (κ1) is 9.84. The second-order valence-corrected chi connectivity index (χ2v) is 5.38. The molecule has 2 heterocycles. The van der Waals surface area contributed by atoms with Crippen molar-refractivity contribution >= 4 is 33.3 Å². The number of aromatic nitrogens is 2. The SMILES string of the molecule is CNc1nc(NC2CC2)c2cc(C)sc2n1. The molecule has 3 rings (SSSR count). The summed E-state index contributed by atoms with van der Waals surface area (Å²) in [5.41, 5.74) is 0. The summed E-state index contributed by atoms with van der Waals surface area (Å²) in [6, 6.07) is 2.77. The molecular weight excluding hydrogens is 220 g/mol. The molecule has 0 unspecified atom stereocenters. The zero-order valence-electron chi connectivity index (χ0n) is 9.37. The smallest absolute Gasteiger partial charge is 0.225 e. The van der Waals surface area contributed by atoms with Gasteiger partial charge in [0, 0.05) is 18.0 Å². The standard InChI is InChI=1S/C11H14N4S/c1-6-5-8-9(13-7-3-4-7)14-11(12-2)15-10(8)16-6/h5,7H,3-4H2,1-2H3,(H2,12,13,14,15). The highest BCUT2D eigenvalue weighted by molar-refractivity contribution is 7.18. The van der Waals surface area contributed by atoms with Gasteiger partial charge >= 0.3 is 0 Å². The molecule has 0 saturated heterocycles. The third-order valence-electron chi connectivity index (χ3n) is 2.66. The van der Waals surface area contributed by atoms with E-state index in [0.717, 1.165) is 16.0 Å². The molecule has 84 valence electrons. The fourth-order valence-corrected chi connectivity index (χ4v) is 2.56. The van der Waals surface area contributed by atoms with Crippen LogP contribution in [0.1, 0.15) is 17.7 Å². The summed E-state index contributed by atoms with van der Waals surface area (Å²) in [5.74, 6) is 1.67. The summed E-state index contributed by atoms with van der Waals surface area (Å²) in [6.07, 6.45) is 2.51. The van der Waals surface area contributed by atoms with Crippen LogP contribution < -0.4 is 10.6 Å². The average Bonchev–Trinajstić information content (AvgIpc) is 2.98. The quantitative estimate of drug-likeness (QED) is 0.857. The highest BCUT2D eigenvalue weighted by Crippen LogP contribution is 2.32. The van der Waals surface area contributed by atoms with Gasteiger partial charge in [-0.05, 0) is 25.8 Å². The predicted molar refractivity (Wildman–Crippen MR) is 68.3 cm³/mol. The summed E-state index contributed by atoms with van der Waals surface area (Å²) < 4.78 is 0. The minimum atomic E-state index is 0.614. The van der Waals surface area contributed by atoms with Crippen molar-refractivity contribution in [3.8, 4) is 0 Å². The Labute approximate surface area is 98.1 Å². The number of nitrogens with zero attached hydrogens (tertiary/aromatic N) is 2. The molecule has 0 aromatic carbocycles. The van der Waals surface area contributed by atoms with Gasteiger partial charge in [-0.15, -0.1) is 11.3 Å². The Morgan fingerprint density at radius 2 is 2.19 bits per heavy atom. The lowest BCUT2D eigenvalue weighted by Gasteiger charge is -2.06. The van der Waals surface area contributed by atoms with Crippen LogP contribution in [0.5, 0.6) is 0 Å². The summed E-state index contributed by atoms with van der Waals surface area (Å²) in [6.45, 7) is 2.10. The van der Waals surface area contributed by atoms with Crippen molar-refractivity contribution in [3.63, 3.8) is 0 Å². The van der Waals surface area contributed by atoms with Crippen molar-refractivity contribution in [3.05, 3.63) is 10.9 Å². The maximum Gasteiger partial charge on any atom is 0.225 e. The third-order valence-corrected chi connectivity index (χ3v) is 3.60. The highest BCUT2D eigenvalue weighted by Gasteiger charge is 2.23. The monoisotopic (exact) mass is 234 g/mol. The number of fused-ring (bicyclic) bond motifs is 1. The molecule has 4 nitrogen and oxygen atoms in total. The number of anilines is 2. The molecule has 0 radical (unpaired) electrons. The van der Waals surface area contributed by atoms with Gasteiger partial charge in [0.1, 0.15) is 10.6 Å². The summed E-state index contributed by atoms with van der Waals surface area (Å²) in [5, 5.41) is 7.62. The zero-order chi connectivity index (χ0) is 11.1. The summed E-state index contributed by atoms with van der Waals surface area (Å²) in [4.78, 5) is 11.3. The van der Waals surface area contributed by atoms with Crippen LogP contribution in [0.4, 0.5) is 11.8 Å². The van der Waals surface area contributed by atoms with E-state index < -0.39 is 0 Å². The van der Waals surface area contributed by atoms with Gasteiger partial charge in [-0.3, -0.25) is 0 Å². The lowest BCUT2D eigenvalue weighted by molar-refractivity contribution is 1.10. The normalized spacial score (nSPS) is 15.4. The third kappa shape index (κ3) is 1.71. The highest BCUT2D eigenvalue weighted by atomic mass is 32.1. The first-order chi connectivity index (χ1) is 7.76. The van der Waals surface area contributed by atoms with Gasteiger partial charge in [0.2, 0.25) is 5.95 Å². The second-order valence-electron chi connectivity index (χ2n) is 4.14. The fraction of sp³-hybridized carbons (Fsp3) is 0.455. The second kappa shape index (κ2) is 3.59. The number of hydrogen-bond acceptors (Lipinski definition) is 5. The Hall–Kier alpha value is -1.36.